The highest BCUT2D eigenvalue weighted by molar-refractivity contribution is 6.00. The molecule has 1 aromatic carbocycles. The molecule has 3 aromatic rings. The second kappa shape index (κ2) is 9.42. The van der Waals surface area contributed by atoms with Crippen molar-refractivity contribution in [3.63, 3.8) is 0 Å². The van der Waals surface area contributed by atoms with Crippen molar-refractivity contribution < 1.29 is 14.3 Å². The molecule has 0 spiro atoms. The van der Waals surface area contributed by atoms with Crippen molar-refractivity contribution in [2.75, 3.05) is 19.7 Å². The normalized spacial score (nSPS) is 14.3. The molecule has 160 valence electrons. The first kappa shape index (κ1) is 20.6. The van der Waals surface area contributed by atoms with Crippen molar-refractivity contribution in [1.82, 2.24) is 25.0 Å². The Labute approximate surface area is 180 Å². The highest BCUT2D eigenvalue weighted by Gasteiger charge is 2.26. The van der Waals surface area contributed by atoms with E-state index in [0.717, 1.165) is 11.3 Å². The third kappa shape index (κ3) is 4.74. The number of amides is 2. The first-order valence-electron chi connectivity index (χ1n) is 10.4. The molecule has 2 amide bonds. The predicted molar refractivity (Wildman–Crippen MR) is 116 cm³/mol. The van der Waals surface area contributed by atoms with Crippen LogP contribution >= 0.6 is 0 Å². The van der Waals surface area contributed by atoms with Gasteiger partial charge in [0.05, 0.1) is 17.9 Å². The fourth-order valence-electron chi connectivity index (χ4n) is 3.65. The number of nitrogens with one attached hydrogen (secondary N) is 1. The molecule has 0 aliphatic carbocycles. The van der Waals surface area contributed by atoms with Gasteiger partial charge in [0, 0.05) is 43.3 Å². The number of para-hydroxylation sites is 1. The van der Waals surface area contributed by atoms with Crippen molar-refractivity contribution in [1.29, 1.82) is 0 Å². The van der Waals surface area contributed by atoms with Gasteiger partial charge in [0.25, 0.3) is 5.91 Å². The van der Waals surface area contributed by atoms with E-state index in [9.17, 15) is 9.59 Å². The zero-order valence-corrected chi connectivity index (χ0v) is 17.4. The molecule has 0 bridgehead atoms. The second-order valence-electron chi connectivity index (χ2n) is 7.35. The van der Waals surface area contributed by atoms with Crippen molar-refractivity contribution in [3.05, 3.63) is 66.6 Å². The first-order chi connectivity index (χ1) is 15.2. The van der Waals surface area contributed by atoms with Gasteiger partial charge in [-0.15, -0.1) is 0 Å². The molecule has 2 aromatic heterocycles. The summed E-state index contributed by atoms with van der Waals surface area (Å²) < 4.78 is 6.77. The van der Waals surface area contributed by atoms with Crippen LogP contribution in [0, 0.1) is 0 Å². The lowest BCUT2D eigenvalue weighted by Crippen LogP contribution is -2.46. The third-order valence-corrected chi connectivity index (χ3v) is 5.27. The monoisotopic (exact) mass is 419 g/mol. The van der Waals surface area contributed by atoms with Crippen LogP contribution in [-0.4, -0.2) is 57.4 Å². The van der Waals surface area contributed by atoms with Gasteiger partial charge in [0.1, 0.15) is 5.69 Å². The van der Waals surface area contributed by atoms with E-state index in [-0.39, 0.29) is 18.0 Å². The van der Waals surface area contributed by atoms with Gasteiger partial charge in [-0.05, 0) is 44.0 Å². The van der Waals surface area contributed by atoms with Crippen LogP contribution in [0.3, 0.4) is 0 Å². The zero-order valence-electron chi connectivity index (χ0n) is 17.4. The van der Waals surface area contributed by atoms with Gasteiger partial charge in [-0.2, -0.15) is 5.10 Å². The SMILES string of the molecule is CCOC(=O)N1CCC(NC(=O)c2cn(-c3ccccc3)nc2-c2cccnc2)CC1. The number of nitrogens with zero attached hydrogens (tertiary/aromatic N) is 4. The van der Waals surface area contributed by atoms with Crippen molar-refractivity contribution in [3.8, 4) is 16.9 Å². The summed E-state index contributed by atoms with van der Waals surface area (Å²) >= 11 is 0. The topological polar surface area (TPSA) is 89.4 Å². The highest BCUT2D eigenvalue weighted by Crippen LogP contribution is 2.23. The number of carbonyl (C=O) groups is 2. The minimum Gasteiger partial charge on any atom is -0.450 e. The molecule has 31 heavy (non-hydrogen) atoms. The zero-order chi connectivity index (χ0) is 21.6. The van der Waals surface area contributed by atoms with E-state index in [2.05, 4.69) is 15.4 Å². The number of piperidine rings is 1. The van der Waals surface area contributed by atoms with Gasteiger partial charge in [-0.3, -0.25) is 9.78 Å². The quantitative estimate of drug-likeness (QED) is 0.686. The Morgan fingerprint density at radius 3 is 2.58 bits per heavy atom. The number of rotatable bonds is 5. The maximum atomic E-state index is 13.2. The summed E-state index contributed by atoms with van der Waals surface area (Å²) in [5.74, 6) is -0.185. The number of likely N-dealkylation sites (tertiary alicyclic amines) is 1. The molecule has 0 unspecified atom stereocenters. The molecule has 8 heteroatoms. The molecule has 1 fully saturated rings. The van der Waals surface area contributed by atoms with Crippen LogP contribution in [0.4, 0.5) is 4.79 Å². The number of hydrogen-bond acceptors (Lipinski definition) is 5. The third-order valence-electron chi connectivity index (χ3n) is 5.27. The van der Waals surface area contributed by atoms with Gasteiger partial charge < -0.3 is 15.0 Å². The van der Waals surface area contributed by atoms with E-state index in [1.807, 2.05) is 42.5 Å². The lowest BCUT2D eigenvalue weighted by Gasteiger charge is -2.31. The maximum Gasteiger partial charge on any atom is 0.409 e. The molecule has 1 aliphatic rings. The smallest absolute Gasteiger partial charge is 0.409 e. The van der Waals surface area contributed by atoms with Crippen LogP contribution in [0.15, 0.2) is 61.1 Å². The Balaban J connectivity index is 1.52. The van der Waals surface area contributed by atoms with Gasteiger partial charge in [-0.25, -0.2) is 9.48 Å². The van der Waals surface area contributed by atoms with Gasteiger partial charge in [0.15, 0.2) is 0 Å². The van der Waals surface area contributed by atoms with Crippen molar-refractivity contribution in [2.24, 2.45) is 0 Å². The van der Waals surface area contributed by atoms with E-state index in [1.165, 1.54) is 0 Å². The molecule has 1 aliphatic heterocycles. The molecule has 0 radical (unpaired) electrons. The molecular weight excluding hydrogens is 394 g/mol. The molecular formula is C23H25N5O3. The standard InChI is InChI=1S/C23H25N5O3/c1-2-31-23(30)27-13-10-18(11-14-27)25-22(29)20-16-28(19-8-4-3-5-9-19)26-21(20)17-7-6-12-24-15-17/h3-9,12,15-16,18H,2,10-11,13-14H2,1H3,(H,25,29). The first-order valence-corrected chi connectivity index (χ1v) is 10.4. The Morgan fingerprint density at radius 2 is 1.90 bits per heavy atom. The fourth-order valence-corrected chi connectivity index (χ4v) is 3.65. The Morgan fingerprint density at radius 1 is 1.13 bits per heavy atom. The highest BCUT2D eigenvalue weighted by atomic mass is 16.6. The fraction of sp³-hybridized carbons (Fsp3) is 0.304. The average molecular weight is 419 g/mol. The lowest BCUT2D eigenvalue weighted by molar-refractivity contribution is 0.0860. The van der Waals surface area contributed by atoms with Crippen LogP contribution in [-0.2, 0) is 4.74 Å². The largest absolute Gasteiger partial charge is 0.450 e. The number of pyridine rings is 1. The molecule has 1 saturated heterocycles. The number of aromatic nitrogens is 3. The number of hydrogen-bond donors (Lipinski definition) is 1. The van der Waals surface area contributed by atoms with Crippen LogP contribution in [0.5, 0.6) is 0 Å². The number of ether oxygens (including phenoxy) is 1. The van der Waals surface area contributed by atoms with Gasteiger partial charge in [-0.1, -0.05) is 18.2 Å². The van der Waals surface area contributed by atoms with E-state index < -0.39 is 0 Å². The Bertz CT molecular complexity index is 1030. The van der Waals surface area contributed by atoms with Crippen LogP contribution in [0.2, 0.25) is 0 Å². The maximum absolute atomic E-state index is 13.2. The van der Waals surface area contributed by atoms with E-state index in [0.29, 0.717) is 43.8 Å². The van der Waals surface area contributed by atoms with E-state index >= 15 is 0 Å². The molecule has 1 N–H and O–H groups in total. The van der Waals surface area contributed by atoms with Crippen LogP contribution in [0.1, 0.15) is 30.1 Å². The Kier molecular flexibility index (Phi) is 6.26. The van der Waals surface area contributed by atoms with E-state index in [1.54, 1.807) is 35.1 Å². The molecule has 4 rings (SSSR count). The minimum atomic E-state index is -0.296. The summed E-state index contributed by atoms with van der Waals surface area (Å²) in [7, 11) is 0. The molecule has 3 heterocycles. The summed E-state index contributed by atoms with van der Waals surface area (Å²) in [6.07, 6.45) is 6.20. The van der Waals surface area contributed by atoms with Crippen molar-refractivity contribution in [2.45, 2.75) is 25.8 Å². The minimum absolute atomic E-state index is 0.0139. The van der Waals surface area contributed by atoms with Crippen LogP contribution < -0.4 is 5.32 Å². The summed E-state index contributed by atoms with van der Waals surface area (Å²) in [5, 5.41) is 7.78. The van der Waals surface area contributed by atoms with E-state index in [4.69, 9.17) is 4.74 Å². The molecule has 0 saturated carbocycles. The molecule has 0 atom stereocenters. The van der Waals surface area contributed by atoms with Crippen molar-refractivity contribution >= 4 is 12.0 Å². The second-order valence-corrected chi connectivity index (χ2v) is 7.35. The van der Waals surface area contributed by atoms with Crippen LogP contribution in [0.25, 0.3) is 16.9 Å². The summed E-state index contributed by atoms with van der Waals surface area (Å²) in [6, 6.07) is 13.4. The predicted octanol–water partition coefficient (Wildman–Crippen LogP) is 3.29. The summed E-state index contributed by atoms with van der Waals surface area (Å²) in [5.41, 5.74) is 2.72. The average Bonchev–Trinajstić information content (AvgIpc) is 3.27. The Hall–Kier alpha value is -3.68. The number of benzene rings is 1. The molecule has 8 nitrogen and oxygen atoms in total. The van der Waals surface area contributed by atoms with Gasteiger partial charge >= 0.3 is 6.09 Å². The lowest BCUT2D eigenvalue weighted by atomic mass is 10.0. The summed E-state index contributed by atoms with van der Waals surface area (Å²) in [6.45, 7) is 3.27. The number of carbonyl (C=O) groups excluding carboxylic acids is 2. The van der Waals surface area contributed by atoms with Gasteiger partial charge in [0.2, 0.25) is 0 Å². The summed E-state index contributed by atoms with van der Waals surface area (Å²) in [4.78, 5) is 30.9.